The number of anilines is 1. The first-order valence-electron chi connectivity index (χ1n) is 14.9. The second-order valence-electron chi connectivity index (χ2n) is 13.5. The molecule has 5 atom stereocenters. The van der Waals surface area contributed by atoms with Gasteiger partial charge in [-0.3, -0.25) is 14.6 Å². The molecule has 2 aliphatic rings. The molecule has 2 fully saturated rings. The van der Waals surface area contributed by atoms with Crippen LogP contribution in [0.2, 0.25) is 10.0 Å². The van der Waals surface area contributed by atoms with E-state index in [1.165, 1.54) is 49.6 Å². The number of nitriles is 1. The normalized spacial score (nSPS) is 24.7. The number of hydrogen-bond acceptors (Lipinski definition) is 5. The summed E-state index contributed by atoms with van der Waals surface area (Å²) in [5.74, 6) is -4.46. The molecular weight excluding hydrogens is 635 g/mol. The summed E-state index contributed by atoms with van der Waals surface area (Å²) in [7, 11) is 1.38. The number of amides is 1. The van der Waals surface area contributed by atoms with Gasteiger partial charge in [-0.15, -0.1) is 0 Å². The molecule has 0 aliphatic carbocycles. The number of nitrogens with zero attached hydrogens (tertiary/aromatic N) is 3. The molecule has 0 bridgehead atoms. The van der Waals surface area contributed by atoms with Gasteiger partial charge in [-0.1, -0.05) is 76.0 Å². The third kappa shape index (κ3) is 5.30. The van der Waals surface area contributed by atoms with Crippen LogP contribution >= 0.6 is 23.2 Å². The Hall–Kier alpha value is -3.71. The lowest BCUT2D eigenvalue weighted by Gasteiger charge is -2.43. The first-order chi connectivity index (χ1) is 21.6. The van der Waals surface area contributed by atoms with Crippen LogP contribution in [0.25, 0.3) is 0 Å². The van der Waals surface area contributed by atoms with Gasteiger partial charge in [0.1, 0.15) is 28.8 Å². The Morgan fingerprint density at radius 2 is 1.83 bits per heavy atom. The Balaban J connectivity index is 1.88. The molecule has 2 saturated heterocycles. The van der Waals surface area contributed by atoms with Crippen LogP contribution in [-0.4, -0.2) is 47.2 Å². The number of carboxylic acid groups (broad SMARTS) is 1. The maximum atomic E-state index is 16.2. The Kier molecular flexibility index (Phi) is 8.88. The number of aromatic carboxylic acids is 1. The Morgan fingerprint density at radius 3 is 2.39 bits per heavy atom. The van der Waals surface area contributed by atoms with E-state index in [2.05, 4.69) is 6.07 Å². The maximum Gasteiger partial charge on any atom is 0.335 e. The van der Waals surface area contributed by atoms with Gasteiger partial charge in [0.2, 0.25) is 5.91 Å². The second kappa shape index (κ2) is 12.1. The predicted molar refractivity (Wildman–Crippen MR) is 172 cm³/mol. The van der Waals surface area contributed by atoms with Crippen LogP contribution in [0.1, 0.15) is 68.4 Å². The summed E-state index contributed by atoms with van der Waals surface area (Å²) >= 11 is 12.5. The number of fused-ring (bicyclic) bond motifs is 1. The Morgan fingerprint density at radius 1 is 1.13 bits per heavy atom. The monoisotopic (exact) mass is 669 g/mol. The topological polar surface area (TPSA) is 93.9 Å². The van der Waals surface area contributed by atoms with Gasteiger partial charge in [0, 0.05) is 22.5 Å². The highest BCUT2D eigenvalue weighted by Crippen LogP contribution is 2.60. The number of halogens is 4. The number of carbonyl (C=O) groups is 2. The highest BCUT2D eigenvalue weighted by Gasteiger charge is 2.70. The highest BCUT2D eigenvalue weighted by molar-refractivity contribution is 6.31. The van der Waals surface area contributed by atoms with Crippen LogP contribution in [0.3, 0.4) is 0 Å². The summed E-state index contributed by atoms with van der Waals surface area (Å²) < 4.78 is 37.9. The molecule has 0 unspecified atom stereocenters. The third-order valence-corrected chi connectivity index (χ3v) is 9.57. The van der Waals surface area contributed by atoms with E-state index in [1.54, 1.807) is 11.0 Å². The molecule has 1 amide bonds. The third-order valence-electron chi connectivity index (χ3n) is 9.04. The average Bonchev–Trinajstić information content (AvgIpc) is 3.42. The average molecular weight is 671 g/mol. The minimum atomic E-state index is -1.76. The number of carbonyl (C=O) groups excluding carboxylic acids is 1. The summed E-state index contributed by atoms with van der Waals surface area (Å²) in [6, 6.07) is 13.2. The minimum Gasteiger partial charge on any atom is -0.495 e. The van der Waals surface area contributed by atoms with Gasteiger partial charge in [-0.25, -0.2) is 13.6 Å². The fraction of sp³-hybridized carbons (Fsp3) is 0.400. The molecule has 5 rings (SSSR count). The number of carboxylic acids is 1. The van der Waals surface area contributed by atoms with Crippen molar-refractivity contribution in [3.8, 4) is 11.8 Å². The SMILES string of the molecule is COc1cc(C(=O)O)ccc1N1C(=O)[C@H]2[C@H](c3cccc(Cl)c3F)[C@@](C#N)(c3ccc(Cl)cc3F)[C@H](CC(C)(C)C)N2[C@@H]1C(C)C. The fourth-order valence-corrected chi connectivity index (χ4v) is 7.74. The van der Waals surface area contributed by atoms with Gasteiger partial charge >= 0.3 is 5.97 Å². The lowest BCUT2D eigenvalue weighted by Crippen LogP contribution is -2.53. The molecule has 7 nitrogen and oxygen atoms in total. The van der Waals surface area contributed by atoms with Crippen LogP contribution < -0.4 is 9.64 Å². The van der Waals surface area contributed by atoms with Crippen LogP contribution in [-0.2, 0) is 10.2 Å². The van der Waals surface area contributed by atoms with E-state index in [1.807, 2.05) is 39.5 Å². The van der Waals surface area contributed by atoms with Crippen molar-refractivity contribution in [1.82, 2.24) is 4.90 Å². The first-order valence-corrected chi connectivity index (χ1v) is 15.7. The standard InChI is InChI=1S/C35H35Cl2F2N3O4/c1-18(2)31-41(25-13-10-19(33(44)45)14-26(25)46-6)32(43)30-28(21-8-7-9-23(37)29(21)39)35(17-40,22-12-11-20(36)15-24(22)38)27(42(30)31)16-34(3,4)5/h7-15,18,27-28,30-31H,16H2,1-6H3,(H,44,45)/t27-,28-,30+,31+,35-/m0/s1. The van der Waals surface area contributed by atoms with Crippen molar-refractivity contribution < 1.29 is 28.2 Å². The number of methoxy groups -OCH3 is 1. The van der Waals surface area contributed by atoms with Gasteiger partial charge in [-0.2, -0.15) is 5.26 Å². The molecule has 2 aliphatic heterocycles. The zero-order valence-corrected chi connectivity index (χ0v) is 27.8. The second-order valence-corrected chi connectivity index (χ2v) is 14.3. The maximum absolute atomic E-state index is 16.2. The molecule has 3 aromatic carbocycles. The van der Waals surface area contributed by atoms with Crippen molar-refractivity contribution in [1.29, 1.82) is 5.26 Å². The van der Waals surface area contributed by atoms with E-state index < -0.39 is 58.5 Å². The van der Waals surface area contributed by atoms with E-state index in [-0.39, 0.29) is 38.4 Å². The summed E-state index contributed by atoms with van der Waals surface area (Å²) in [5, 5.41) is 20.8. The predicted octanol–water partition coefficient (Wildman–Crippen LogP) is 8.04. The van der Waals surface area contributed by atoms with E-state index in [0.29, 0.717) is 12.1 Å². The zero-order chi connectivity index (χ0) is 33.9. The Bertz CT molecular complexity index is 1750. The smallest absolute Gasteiger partial charge is 0.335 e. The number of ether oxygens (including phenoxy) is 1. The molecule has 2 heterocycles. The van der Waals surface area contributed by atoms with Gasteiger partial charge < -0.3 is 9.84 Å². The number of rotatable bonds is 7. The summed E-state index contributed by atoms with van der Waals surface area (Å²) in [6.45, 7) is 9.81. The summed E-state index contributed by atoms with van der Waals surface area (Å²) in [5.41, 5.74) is -1.87. The molecule has 0 radical (unpaired) electrons. The van der Waals surface area contributed by atoms with Crippen LogP contribution in [0.15, 0.2) is 54.6 Å². The van der Waals surface area contributed by atoms with Gasteiger partial charge in [0.15, 0.2) is 0 Å². The largest absolute Gasteiger partial charge is 0.495 e. The molecule has 11 heteroatoms. The fourth-order valence-electron chi connectivity index (χ4n) is 7.39. The molecule has 0 aromatic heterocycles. The summed E-state index contributed by atoms with van der Waals surface area (Å²) in [4.78, 5) is 30.2. The van der Waals surface area contributed by atoms with Crippen molar-refractivity contribution in [2.45, 2.75) is 70.6 Å². The van der Waals surface area contributed by atoms with Crippen LogP contribution in [0.4, 0.5) is 14.5 Å². The molecule has 0 saturated carbocycles. The van der Waals surface area contributed by atoms with E-state index in [4.69, 9.17) is 27.9 Å². The van der Waals surface area contributed by atoms with E-state index >= 15 is 8.78 Å². The molecule has 242 valence electrons. The quantitative estimate of drug-likeness (QED) is 0.274. The molecular formula is C35H35Cl2F2N3O4. The minimum absolute atomic E-state index is 0.0117. The van der Waals surface area contributed by atoms with Gasteiger partial charge in [0.05, 0.1) is 35.6 Å². The van der Waals surface area contributed by atoms with Gasteiger partial charge in [-0.05, 0) is 59.7 Å². The van der Waals surface area contributed by atoms with Crippen molar-refractivity contribution in [3.05, 3.63) is 93.0 Å². The molecule has 0 spiro atoms. The Labute approximate surface area is 277 Å². The van der Waals surface area contributed by atoms with Crippen LogP contribution in [0.5, 0.6) is 5.75 Å². The lowest BCUT2D eigenvalue weighted by molar-refractivity contribution is -0.119. The van der Waals surface area contributed by atoms with Gasteiger partial charge in [0.25, 0.3) is 0 Å². The van der Waals surface area contributed by atoms with Crippen molar-refractivity contribution in [3.63, 3.8) is 0 Å². The van der Waals surface area contributed by atoms with E-state index in [9.17, 15) is 20.0 Å². The lowest BCUT2D eigenvalue weighted by atomic mass is 9.62. The zero-order valence-electron chi connectivity index (χ0n) is 26.3. The number of hydrogen-bond donors (Lipinski definition) is 1. The first kappa shape index (κ1) is 33.6. The molecule has 46 heavy (non-hydrogen) atoms. The summed E-state index contributed by atoms with van der Waals surface area (Å²) in [6.07, 6.45) is -0.373. The van der Waals surface area contributed by atoms with E-state index in [0.717, 1.165) is 6.07 Å². The molecule has 1 N–H and O–H groups in total. The van der Waals surface area contributed by atoms with Crippen molar-refractivity contribution >= 4 is 40.8 Å². The van der Waals surface area contributed by atoms with Crippen LogP contribution in [0, 0.1) is 34.3 Å². The number of benzene rings is 3. The van der Waals surface area contributed by atoms with Crippen molar-refractivity contribution in [2.24, 2.45) is 11.3 Å². The molecule has 3 aromatic rings. The highest BCUT2D eigenvalue weighted by atomic mass is 35.5. The van der Waals surface area contributed by atoms with Crippen molar-refractivity contribution in [2.75, 3.05) is 12.0 Å².